The Hall–Kier alpha value is -2.01. The van der Waals surface area contributed by atoms with Crippen LogP contribution >= 0.6 is 11.6 Å². The van der Waals surface area contributed by atoms with Crippen molar-refractivity contribution in [2.45, 2.75) is 0 Å². The molecular formula is C11H9ClN2O3. The molecule has 0 aliphatic rings. The number of nitrogens with one attached hydrogen (secondary N) is 1. The number of nitrogens with zero attached hydrogens (tertiary/aromatic N) is 1. The summed E-state index contributed by atoms with van der Waals surface area (Å²) in [5.41, 5.74) is 0.474. The lowest BCUT2D eigenvalue weighted by Gasteiger charge is -2.09. The molecule has 2 rings (SSSR count). The summed E-state index contributed by atoms with van der Waals surface area (Å²) < 4.78 is 9.83. The van der Waals surface area contributed by atoms with Gasteiger partial charge in [0, 0.05) is 11.1 Å². The second-order valence-electron chi connectivity index (χ2n) is 3.18. The first-order chi connectivity index (χ1) is 8.20. The molecule has 1 heterocycles. The molecule has 0 radical (unpaired) electrons. The van der Waals surface area contributed by atoms with Crippen LogP contribution in [-0.4, -0.2) is 18.2 Å². The largest absolute Gasteiger partial charge is 0.495 e. The first-order valence-electron chi connectivity index (χ1n) is 4.76. The average molecular weight is 253 g/mol. The second kappa shape index (κ2) is 4.88. The van der Waals surface area contributed by atoms with Gasteiger partial charge in [-0.2, -0.15) is 0 Å². The van der Waals surface area contributed by atoms with Gasteiger partial charge in [0.1, 0.15) is 5.75 Å². The van der Waals surface area contributed by atoms with Gasteiger partial charge in [0.15, 0.2) is 0 Å². The van der Waals surface area contributed by atoms with Crippen LogP contribution in [0.25, 0.3) is 0 Å². The van der Waals surface area contributed by atoms with Crippen LogP contribution in [0.3, 0.4) is 0 Å². The fraction of sp³-hybridized carbons (Fsp3) is 0.0909. The van der Waals surface area contributed by atoms with Crippen LogP contribution in [0.15, 0.2) is 35.0 Å². The molecule has 0 bridgehead atoms. The maximum absolute atomic E-state index is 11.7. The fourth-order valence-corrected chi connectivity index (χ4v) is 1.47. The van der Waals surface area contributed by atoms with E-state index in [9.17, 15) is 4.79 Å². The lowest BCUT2D eigenvalue weighted by atomic mass is 10.3. The molecule has 1 amide bonds. The van der Waals surface area contributed by atoms with Crippen LogP contribution in [0.2, 0.25) is 5.02 Å². The third kappa shape index (κ3) is 2.57. The van der Waals surface area contributed by atoms with Gasteiger partial charge in [-0.25, -0.2) is 0 Å². The van der Waals surface area contributed by atoms with Crippen LogP contribution < -0.4 is 10.1 Å². The molecule has 88 valence electrons. The minimum Gasteiger partial charge on any atom is -0.495 e. The standard InChI is InChI=1S/C11H9ClN2O3/c1-16-9-3-2-7(12)6-8(9)14-11(15)10-4-5-13-17-10/h2-6H,1H3,(H,14,15). The monoisotopic (exact) mass is 252 g/mol. The van der Waals surface area contributed by atoms with Gasteiger partial charge in [-0.15, -0.1) is 0 Å². The van der Waals surface area contributed by atoms with Gasteiger partial charge in [-0.1, -0.05) is 16.8 Å². The quantitative estimate of drug-likeness (QED) is 0.912. The van der Waals surface area contributed by atoms with E-state index in [1.54, 1.807) is 18.2 Å². The highest BCUT2D eigenvalue weighted by atomic mass is 35.5. The molecule has 6 heteroatoms. The third-order valence-corrected chi connectivity index (χ3v) is 2.31. The molecule has 0 saturated heterocycles. The predicted molar refractivity (Wildman–Crippen MR) is 62.5 cm³/mol. The van der Waals surface area contributed by atoms with E-state index in [0.29, 0.717) is 16.5 Å². The number of rotatable bonds is 3. The van der Waals surface area contributed by atoms with Crippen molar-refractivity contribution in [3.63, 3.8) is 0 Å². The molecule has 1 N–H and O–H groups in total. The Morgan fingerprint density at radius 3 is 2.94 bits per heavy atom. The smallest absolute Gasteiger partial charge is 0.294 e. The van der Waals surface area contributed by atoms with Crippen molar-refractivity contribution in [1.29, 1.82) is 0 Å². The zero-order valence-corrected chi connectivity index (χ0v) is 9.69. The van der Waals surface area contributed by atoms with Gasteiger partial charge < -0.3 is 14.6 Å². The van der Waals surface area contributed by atoms with Crippen molar-refractivity contribution in [3.8, 4) is 5.75 Å². The van der Waals surface area contributed by atoms with Crippen LogP contribution in [0.4, 0.5) is 5.69 Å². The van der Waals surface area contributed by atoms with Gasteiger partial charge in [0.25, 0.3) is 5.91 Å². The maximum Gasteiger partial charge on any atom is 0.294 e. The van der Waals surface area contributed by atoms with E-state index in [0.717, 1.165) is 0 Å². The van der Waals surface area contributed by atoms with Gasteiger partial charge in [0.05, 0.1) is 19.0 Å². The number of halogens is 1. The molecule has 2 aromatic rings. The van der Waals surface area contributed by atoms with Crippen molar-refractivity contribution in [2.75, 3.05) is 12.4 Å². The van der Waals surface area contributed by atoms with E-state index in [1.807, 2.05) is 0 Å². The SMILES string of the molecule is COc1ccc(Cl)cc1NC(=O)c1ccno1. The Kier molecular flexibility index (Phi) is 3.30. The molecule has 0 saturated carbocycles. The van der Waals surface area contributed by atoms with Crippen molar-refractivity contribution < 1.29 is 14.1 Å². The number of ether oxygens (including phenoxy) is 1. The summed E-state index contributed by atoms with van der Waals surface area (Å²) >= 11 is 5.84. The Balaban J connectivity index is 2.23. The lowest BCUT2D eigenvalue weighted by Crippen LogP contribution is -2.11. The highest BCUT2D eigenvalue weighted by Gasteiger charge is 2.12. The Morgan fingerprint density at radius 2 is 2.29 bits per heavy atom. The number of carbonyl (C=O) groups excluding carboxylic acids is 1. The highest BCUT2D eigenvalue weighted by Crippen LogP contribution is 2.27. The molecule has 0 aliphatic heterocycles. The molecule has 1 aromatic carbocycles. The minimum absolute atomic E-state index is 0.118. The third-order valence-electron chi connectivity index (χ3n) is 2.07. The number of hydrogen-bond donors (Lipinski definition) is 1. The molecule has 0 spiro atoms. The van der Waals surface area contributed by atoms with E-state index in [4.69, 9.17) is 20.9 Å². The summed E-state index contributed by atoms with van der Waals surface area (Å²) in [4.78, 5) is 11.7. The number of aromatic nitrogens is 1. The molecule has 17 heavy (non-hydrogen) atoms. The van der Waals surface area contributed by atoms with Crippen LogP contribution in [0.1, 0.15) is 10.6 Å². The number of methoxy groups -OCH3 is 1. The highest BCUT2D eigenvalue weighted by molar-refractivity contribution is 6.31. The molecular weight excluding hydrogens is 244 g/mol. The van der Waals surface area contributed by atoms with E-state index in [2.05, 4.69) is 10.5 Å². The van der Waals surface area contributed by atoms with Crippen molar-refractivity contribution in [1.82, 2.24) is 5.16 Å². The summed E-state index contributed by atoms with van der Waals surface area (Å²) in [5, 5.41) is 6.57. The zero-order valence-electron chi connectivity index (χ0n) is 8.94. The normalized spacial score (nSPS) is 10.0. The van der Waals surface area contributed by atoms with E-state index < -0.39 is 5.91 Å². The van der Waals surface area contributed by atoms with Gasteiger partial charge in [-0.3, -0.25) is 4.79 Å². The first kappa shape index (κ1) is 11.5. The van der Waals surface area contributed by atoms with Gasteiger partial charge >= 0.3 is 0 Å². The Labute approximate surface area is 102 Å². The topological polar surface area (TPSA) is 64.4 Å². The van der Waals surface area contributed by atoms with Gasteiger partial charge in [-0.05, 0) is 18.2 Å². The maximum atomic E-state index is 11.7. The number of benzene rings is 1. The summed E-state index contributed by atoms with van der Waals surface area (Å²) in [7, 11) is 1.51. The lowest BCUT2D eigenvalue weighted by molar-refractivity contribution is 0.0987. The first-order valence-corrected chi connectivity index (χ1v) is 5.14. The number of hydrogen-bond acceptors (Lipinski definition) is 4. The summed E-state index contributed by atoms with van der Waals surface area (Å²) in [6.45, 7) is 0. The Morgan fingerprint density at radius 1 is 1.47 bits per heavy atom. The number of amides is 1. The molecule has 1 aromatic heterocycles. The summed E-state index contributed by atoms with van der Waals surface area (Å²) in [6.07, 6.45) is 1.39. The van der Waals surface area contributed by atoms with E-state index in [1.165, 1.54) is 19.4 Å². The van der Waals surface area contributed by atoms with E-state index in [-0.39, 0.29) is 5.76 Å². The number of anilines is 1. The average Bonchev–Trinajstić information content (AvgIpc) is 2.83. The van der Waals surface area contributed by atoms with Crippen molar-refractivity contribution in [3.05, 3.63) is 41.2 Å². The number of carbonyl (C=O) groups is 1. The van der Waals surface area contributed by atoms with Crippen molar-refractivity contribution >= 4 is 23.2 Å². The Bertz CT molecular complexity index is 526. The van der Waals surface area contributed by atoms with E-state index >= 15 is 0 Å². The van der Waals surface area contributed by atoms with Gasteiger partial charge in [0.2, 0.25) is 5.76 Å². The van der Waals surface area contributed by atoms with Crippen molar-refractivity contribution in [2.24, 2.45) is 0 Å². The van der Waals surface area contributed by atoms with Crippen LogP contribution in [0.5, 0.6) is 5.75 Å². The summed E-state index contributed by atoms with van der Waals surface area (Å²) in [6, 6.07) is 6.39. The summed E-state index contributed by atoms with van der Waals surface area (Å²) in [5.74, 6) is 0.220. The molecule has 0 aliphatic carbocycles. The fourth-order valence-electron chi connectivity index (χ4n) is 1.29. The molecule has 0 unspecified atom stereocenters. The molecule has 0 atom stereocenters. The zero-order chi connectivity index (χ0) is 12.3. The molecule has 5 nitrogen and oxygen atoms in total. The predicted octanol–water partition coefficient (Wildman–Crippen LogP) is 2.59. The molecule has 0 fully saturated rings. The van der Waals surface area contributed by atoms with Crippen LogP contribution in [0, 0.1) is 0 Å². The second-order valence-corrected chi connectivity index (χ2v) is 3.61. The van der Waals surface area contributed by atoms with Crippen LogP contribution in [-0.2, 0) is 0 Å². The minimum atomic E-state index is -0.414.